The van der Waals surface area contributed by atoms with Crippen LogP contribution in [0.5, 0.6) is 5.88 Å². The van der Waals surface area contributed by atoms with Crippen LogP contribution in [-0.2, 0) is 17.8 Å². The number of hydrogen-bond donors (Lipinski definition) is 4. The van der Waals surface area contributed by atoms with E-state index in [2.05, 4.69) is 22.0 Å². The van der Waals surface area contributed by atoms with Gasteiger partial charge in [-0.3, -0.25) is 9.78 Å². The van der Waals surface area contributed by atoms with Crippen molar-refractivity contribution in [3.05, 3.63) is 87.5 Å². The van der Waals surface area contributed by atoms with Gasteiger partial charge in [0, 0.05) is 71.6 Å². The van der Waals surface area contributed by atoms with Gasteiger partial charge in [-0.1, -0.05) is 71.7 Å². The molecule has 8 nitrogen and oxygen atoms in total. The van der Waals surface area contributed by atoms with E-state index in [1.54, 1.807) is 14.0 Å². The van der Waals surface area contributed by atoms with Gasteiger partial charge in [0.25, 0.3) is 0 Å². The number of nitrogens with zero attached hydrogens (tertiary/aromatic N) is 2. The molecule has 1 saturated heterocycles. The Bertz CT molecular complexity index is 1730. The number of aliphatic hydroxyl groups is 1. The van der Waals surface area contributed by atoms with Gasteiger partial charge in [-0.25, -0.2) is 4.98 Å². The summed E-state index contributed by atoms with van der Waals surface area (Å²) in [5.41, 5.74) is 7.92. The first-order valence-electron chi connectivity index (χ1n) is 15.9. The fourth-order valence-corrected chi connectivity index (χ4v) is 7.00. The largest absolute Gasteiger partial charge is 0.481 e. The summed E-state index contributed by atoms with van der Waals surface area (Å²) in [4.78, 5) is 21.3. The van der Waals surface area contributed by atoms with Gasteiger partial charge >= 0.3 is 0 Å². The maximum atomic E-state index is 11.5. The van der Waals surface area contributed by atoms with Crippen molar-refractivity contribution in [2.45, 2.75) is 63.8 Å². The molecule has 2 aromatic heterocycles. The minimum atomic E-state index is -0.400. The van der Waals surface area contributed by atoms with E-state index in [9.17, 15) is 9.90 Å². The van der Waals surface area contributed by atoms with E-state index in [1.165, 1.54) is 5.56 Å². The number of aryl methyl sites for hydroxylation is 1. The second-order valence-electron chi connectivity index (χ2n) is 12.1. The number of pyridine rings is 2. The van der Waals surface area contributed by atoms with Crippen LogP contribution in [0.3, 0.4) is 0 Å². The van der Waals surface area contributed by atoms with Crippen LogP contribution in [-0.4, -0.2) is 53.3 Å². The molecule has 10 heteroatoms. The zero-order valence-electron chi connectivity index (χ0n) is 26.1. The van der Waals surface area contributed by atoms with E-state index in [-0.39, 0.29) is 18.0 Å². The molecule has 4 aromatic rings. The highest BCUT2D eigenvalue weighted by molar-refractivity contribution is 6.39. The Hall–Kier alpha value is -3.53. The lowest BCUT2D eigenvalue weighted by Crippen LogP contribution is -2.35. The molecule has 1 aliphatic heterocycles. The third kappa shape index (κ3) is 7.06. The van der Waals surface area contributed by atoms with Crippen LogP contribution in [0.4, 0.5) is 0 Å². The fraction of sp³-hybridized carbons (Fsp3) is 0.361. The fourth-order valence-electron chi connectivity index (χ4n) is 6.35. The minimum Gasteiger partial charge on any atom is -0.481 e. The Morgan fingerprint density at radius 1 is 0.935 bits per heavy atom. The molecule has 3 heterocycles. The number of aliphatic hydroxyl groups excluding tert-OH is 1. The van der Waals surface area contributed by atoms with E-state index in [1.807, 2.05) is 54.6 Å². The molecule has 46 heavy (non-hydrogen) atoms. The molecule has 0 unspecified atom stereocenters. The van der Waals surface area contributed by atoms with Gasteiger partial charge in [-0.2, -0.15) is 0 Å². The number of ether oxygens (including phenoxy) is 1. The van der Waals surface area contributed by atoms with Crippen LogP contribution in [0.2, 0.25) is 10.0 Å². The number of nitrogens with one attached hydrogen (secondary N) is 3. The smallest absolute Gasteiger partial charge is 0.220 e. The molecule has 4 N–H and O–H groups in total. The number of benzene rings is 2. The zero-order valence-corrected chi connectivity index (χ0v) is 27.6. The van der Waals surface area contributed by atoms with Gasteiger partial charge in [-0.15, -0.1) is 0 Å². The van der Waals surface area contributed by atoms with Crippen molar-refractivity contribution in [3.63, 3.8) is 0 Å². The molecule has 0 radical (unpaired) electrons. The molecule has 1 amide bonds. The van der Waals surface area contributed by atoms with Crippen LogP contribution < -0.4 is 20.7 Å². The number of methoxy groups -OCH3 is 1. The maximum Gasteiger partial charge on any atom is 0.220 e. The number of amides is 1. The van der Waals surface area contributed by atoms with E-state index in [0.717, 1.165) is 64.9 Å². The van der Waals surface area contributed by atoms with Crippen molar-refractivity contribution in [1.82, 2.24) is 25.9 Å². The van der Waals surface area contributed by atoms with Crippen molar-refractivity contribution in [2.24, 2.45) is 0 Å². The number of aromatic nitrogens is 2. The summed E-state index contributed by atoms with van der Waals surface area (Å²) in [5.74, 6) is 0.623. The normalized spacial score (nSPS) is 18.2. The summed E-state index contributed by atoms with van der Waals surface area (Å²) in [6, 6.07) is 20.2. The van der Waals surface area contributed by atoms with E-state index < -0.39 is 6.10 Å². The average molecular weight is 661 g/mol. The molecule has 1 aliphatic carbocycles. The zero-order chi connectivity index (χ0) is 32.2. The van der Waals surface area contributed by atoms with Crippen molar-refractivity contribution in [3.8, 4) is 39.5 Å². The van der Waals surface area contributed by atoms with Gasteiger partial charge in [-0.05, 0) is 50.3 Å². The lowest BCUT2D eigenvalue weighted by atomic mass is 9.90. The Kier molecular flexibility index (Phi) is 10.2. The molecule has 0 spiro atoms. The molecule has 3 atom stereocenters. The van der Waals surface area contributed by atoms with Gasteiger partial charge in [0.05, 0.1) is 34.6 Å². The predicted octanol–water partition coefficient (Wildman–Crippen LogP) is 6.51. The lowest BCUT2D eigenvalue weighted by Gasteiger charge is -2.27. The topological polar surface area (TPSA) is 108 Å². The SMILES string of the molecule is COc1nc(-c2cccc(-c3cccc(-c4ccc5c(n4)CCC[C@@H]5NC[C@H](C)O)c3Cl)c2Cl)ccc1CNC[C@H]1CCC(=O)N1. The average Bonchev–Trinajstić information content (AvgIpc) is 3.48. The molecule has 2 aliphatic rings. The van der Waals surface area contributed by atoms with Crippen molar-refractivity contribution in [2.75, 3.05) is 20.2 Å². The van der Waals surface area contributed by atoms with Crippen LogP contribution >= 0.6 is 23.2 Å². The minimum absolute atomic E-state index is 0.106. The first kappa shape index (κ1) is 32.4. The quantitative estimate of drug-likeness (QED) is 0.145. The Labute approximate surface area is 279 Å². The van der Waals surface area contributed by atoms with Gasteiger partial charge in [0.1, 0.15) is 0 Å². The van der Waals surface area contributed by atoms with Crippen molar-refractivity contribution < 1.29 is 14.6 Å². The Balaban J connectivity index is 1.25. The second-order valence-corrected chi connectivity index (χ2v) is 12.8. The molecule has 0 bridgehead atoms. The second kappa shape index (κ2) is 14.5. The lowest BCUT2D eigenvalue weighted by molar-refractivity contribution is -0.119. The predicted molar refractivity (Wildman–Crippen MR) is 183 cm³/mol. The van der Waals surface area contributed by atoms with Gasteiger partial charge in [0.2, 0.25) is 11.8 Å². The maximum absolute atomic E-state index is 11.5. The monoisotopic (exact) mass is 659 g/mol. The Morgan fingerprint density at radius 3 is 2.26 bits per heavy atom. The number of carbonyl (C=O) groups is 1. The van der Waals surface area contributed by atoms with E-state index >= 15 is 0 Å². The number of fused-ring (bicyclic) bond motifs is 1. The third-order valence-electron chi connectivity index (χ3n) is 8.71. The van der Waals surface area contributed by atoms with E-state index in [0.29, 0.717) is 47.7 Å². The highest BCUT2D eigenvalue weighted by atomic mass is 35.5. The summed E-state index contributed by atoms with van der Waals surface area (Å²) < 4.78 is 5.65. The first-order valence-corrected chi connectivity index (χ1v) is 16.6. The summed E-state index contributed by atoms with van der Waals surface area (Å²) in [7, 11) is 1.61. The van der Waals surface area contributed by atoms with E-state index in [4.69, 9.17) is 37.9 Å². The summed E-state index contributed by atoms with van der Waals surface area (Å²) in [6.07, 6.45) is 3.99. The van der Waals surface area contributed by atoms with Crippen molar-refractivity contribution in [1.29, 1.82) is 0 Å². The van der Waals surface area contributed by atoms with Gasteiger partial charge < -0.3 is 25.8 Å². The molecular weight excluding hydrogens is 621 g/mol. The molecule has 2 aromatic carbocycles. The number of hydrogen-bond acceptors (Lipinski definition) is 7. The standard InChI is InChI=1S/C36H39Cl2N5O3/c1-21(44)18-40-29-10-5-11-30-26(29)14-16-31(42-30)27-8-3-6-24(34(27)37)25-7-4-9-28(35(25)38)32-15-12-22(36(43-32)46-2)19-39-20-23-13-17-33(45)41-23/h3-4,6-9,12,14-16,21,23,29,39-40,44H,5,10-11,13,17-20H2,1-2H3,(H,41,45)/t21-,23+,29-/m0/s1. The van der Waals surface area contributed by atoms with Crippen LogP contribution in [0, 0.1) is 0 Å². The highest BCUT2D eigenvalue weighted by Gasteiger charge is 2.24. The number of carbonyl (C=O) groups excluding carboxylic acids is 1. The molecule has 1 fully saturated rings. The Morgan fingerprint density at radius 2 is 1.61 bits per heavy atom. The molecule has 240 valence electrons. The number of halogens is 2. The first-order chi connectivity index (χ1) is 22.3. The van der Waals surface area contributed by atoms with Crippen LogP contribution in [0.1, 0.15) is 55.5 Å². The molecule has 6 rings (SSSR count). The van der Waals surface area contributed by atoms with Crippen LogP contribution in [0.25, 0.3) is 33.6 Å². The van der Waals surface area contributed by atoms with Crippen LogP contribution in [0.15, 0.2) is 60.7 Å². The van der Waals surface area contributed by atoms with Crippen molar-refractivity contribution >= 4 is 29.1 Å². The third-order valence-corrected chi connectivity index (χ3v) is 9.53. The summed E-state index contributed by atoms with van der Waals surface area (Å²) >= 11 is 14.2. The number of rotatable bonds is 11. The summed E-state index contributed by atoms with van der Waals surface area (Å²) in [5, 5.41) is 20.7. The summed E-state index contributed by atoms with van der Waals surface area (Å²) in [6.45, 7) is 3.59. The van der Waals surface area contributed by atoms with Gasteiger partial charge in [0.15, 0.2) is 0 Å². The molecule has 0 saturated carbocycles. The molecular formula is C36H39Cl2N5O3. The highest BCUT2D eigenvalue weighted by Crippen LogP contribution is 2.42.